The van der Waals surface area contributed by atoms with Crippen LogP contribution in [-0.4, -0.2) is 30.7 Å². The lowest BCUT2D eigenvalue weighted by atomic mass is 10.2. The van der Waals surface area contributed by atoms with E-state index in [0.717, 1.165) is 24.3 Å². The molecule has 0 aliphatic rings. The minimum atomic E-state index is -0.323. The van der Waals surface area contributed by atoms with Crippen LogP contribution in [0, 0.1) is 0 Å². The number of likely N-dealkylation sites (N-methyl/N-ethyl adjacent to an activating group) is 1. The summed E-state index contributed by atoms with van der Waals surface area (Å²) in [5, 5.41) is 3.38. The summed E-state index contributed by atoms with van der Waals surface area (Å²) in [5.74, 6) is -0.323. The molecule has 0 saturated heterocycles. The first-order chi connectivity index (χ1) is 8.99. The lowest BCUT2D eigenvalue weighted by molar-refractivity contribution is 0.528. The van der Waals surface area contributed by atoms with Crippen LogP contribution in [-0.2, 0) is 7.05 Å². The zero-order valence-corrected chi connectivity index (χ0v) is 11.9. The molecule has 0 fully saturated rings. The van der Waals surface area contributed by atoms with Crippen molar-refractivity contribution in [1.82, 2.24) is 9.88 Å². The smallest absolute Gasteiger partial charge is 0.408 e. The van der Waals surface area contributed by atoms with Crippen molar-refractivity contribution in [1.29, 1.82) is 0 Å². The number of aryl methyl sites for hydroxylation is 1. The first-order valence-electron chi connectivity index (χ1n) is 6.53. The van der Waals surface area contributed by atoms with Gasteiger partial charge in [-0.2, -0.15) is 0 Å². The van der Waals surface area contributed by atoms with Crippen LogP contribution in [0.25, 0.3) is 11.1 Å². The van der Waals surface area contributed by atoms with Gasteiger partial charge in [0.2, 0.25) is 0 Å². The number of nitrogens with one attached hydrogen (secondary N) is 1. The molecular formula is C14H21N3O2. The Bertz CT molecular complexity index is 613. The van der Waals surface area contributed by atoms with E-state index in [9.17, 15) is 4.79 Å². The second kappa shape index (κ2) is 5.48. The summed E-state index contributed by atoms with van der Waals surface area (Å²) in [5.41, 5.74) is 2.50. The molecule has 1 aromatic heterocycles. The Morgan fingerprint density at radius 2 is 2.16 bits per heavy atom. The molecule has 104 valence electrons. The summed E-state index contributed by atoms with van der Waals surface area (Å²) < 4.78 is 6.71. The van der Waals surface area contributed by atoms with Gasteiger partial charge in [0.25, 0.3) is 0 Å². The van der Waals surface area contributed by atoms with Gasteiger partial charge in [-0.3, -0.25) is 4.57 Å². The number of hydrogen-bond acceptors (Lipinski definition) is 4. The van der Waals surface area contributed by atoms with Gasteiger partial charge in [-0.1, -0.05) is 13.8 Å². The molecule has 0 aliphatic heterocycles. The topological polar surface area (TPSA) is 50.4 Å². The van der Waals surface area contributed by atoms with E-state index in [1.807, 2.05) is 25.2 Å². The van der Waals surface area contributed by atoms with E-state index < -0.39 is 0 Å². The fourth-order valence-corrected chi connectivity index (χ4v) is 2.01. The highest BCUT2D eigenvalue weighted by molar-refractivity contribution is 5.77. The van der Waals surface area contributed by atoms with Crippen LogP contribution in [0.3, 0.4) is 0 Å². The lowest BCUT2D eigenvalue weighted by Gasteiger charge is -2.20. The Morgan fingerprint density at radius 1 is 1.42 bits per heavy atom. The van der Waals surface area contributed by atoms with Gasteiger partial charge in [-0.15, -0.1) is 0 Å². The normalized spacial score (nSPS) is 11.4. The van der Waals surface area contributed by atoms with Crippen LogP contribution in [0.1, 0.15) is 13.8 Å². The van der Waals surface area contributed by atoms with Crippen LogP contribution < -0.4 is 16.0 Å². The molecule has 2 aromatic rings. The Morgan fingerprint density at radius 3 is 2.84 bits per heavy atom. The third kappa shape index (κ3) is 2.98. The van der Waals surface area contributed by atoms with Crippen LogP contribution in [0.4, 0.5) is 5.69 Å². The summed E-state index contributed by atoms with van der Waals surface area (Å²) in [6, 6.07) is 6.32. The molecule has 0 amide bonds. The number of nitrogens with zero attached hydrogens (tertiary/aromatic N) is 2. The van der Waals surface area contributed by atoms with Crippen molar-refractivity contribution in [3.63, 3.8) is 0 Å². The summed E-state index contributed by atoms with van der Waals surface area (Å²) in [4.78, 5) is 13.6. The second-order valence-corrected chi connectivity index (χ2v) is 5.11. The molecule has 0 atom stereocenters. The summed E-state index contributed by atoms with van der Waals surface area (Å²) >= 11 is 0. The van der Waals surface area contributed by atoms with Crippen molar-refractivity contribution >= 4 is 16.8 Å². The molecule has 2 rings (SSSR count). The van der Waals surface area contributed by atoms with Gasteiger partial charge >= 0.3 is 5.76 Å². The van der Waals surface area contributed by atoms with Crippen molar-refractivity contribution < 1.29 is 4.42 Å². The minimum absolute atomic E-state index is 0.323. The number of rotatable bonds is 5. The molecule has 0 aliphatic carbocycles. The third-order valence-electron chi connectivity index (χ3n) is 3.22. The van der Waals surface area contributed by atoms with Gasteiger partial charge in [-0.25, -0.2) is 4.79 Å². The lowest BCUT2D eigenvalue weighted by Crippen LogP contribution is -2.32. The fourth-order valence-electron chi connectivity index (χ4n) is 2.01. The van der Waals surface area contributed by atoms with Crippen LogP contribution in [0.2, 0.25) is 0 Å². The number of aromatic nitrogens is 1. The van der Waals surface area contributed by atoms with Crippen molar-refractivity contribution in [2.45, 2.75) is 19.9 Å². The van der Waals surface area contributed by atoms with E-state index in [-0.39, 0.29) is 5.76 Å². The molecule has 1 aromatic carbocycles. The summed E-state index contributed by atoms with van der Waals surface area (Å²) in [6.45, 7) is 6.08. The van der Waals surface area contributed by atoms with Crippen molar-refractivity contribution in [2.75, 3.05) is 25.0 Å². The van der Waals surface area contributed by atoms with Crippen LogP contribution in [0.5, 0.6) is 0 Å². The average molecular weight is 263 g/mol. The predicted molar refractivity (Wildman–Crippen MR) is 77.9 cm³/mol. The number of oxazole rings is 1. The molecule has 1 heterocycles. The zero-order chi connectivity index (χ0) is 14.0. The fraction of sp³-hybridized carbons (Fsp3) is 0.500. The second-order valence-electron chi connectivity index (χ2n) is 5.11. The Labute approximate surface area is 112 Å². The van der Waals surface area contributed by atoms with Gasteiger partial charge < -0.3 is 14.6 Å². The Kier molecular flexibility index (Phi) is 3.95. The SMILES string of the molecule is CC(C)NCCN(C)c1ccc2c(c1)oc(=O)n2C. The van der Waals surface area contributed by atoms with Crippen molar-refractivity contribution in [3.05, 3.63) is 28.7 Å². The van der Waals surface area contributed by atoms with Crippen LogP contribution in [0.15, 0.2) is 27.4 Å². The largest absolute Gasteiger partial charge is 0.419 e. The minimum Gasteiger partial charge on any atom is -0.408 e. The molecule has 5 nitrogen and oxygen atoms in total. The Balaban J connectivity index is 2.14. The van der Waals surface area contributed by atoms with Gasteiger partial charge in [0.15, 0.2) is 5.58 Å². The Hall–Kier alpha value is -1.75. The average Bonchev–Trinajstić information content (AvgIpc) is 2.64. The van der Waals surface area contributed by atoms with Crippen LogP contribution >= 0.6 is 0 Å². The van der Waals surface area contributed by atoms with E-state index >= 15 is 0 Å². The van der Waals surface area contributed by atoms with E-state index in [1.165, 1.54) is 4.57 Å². The van der Waals surface area contributed by atoms with E-state index in [1.54, 1.807) is 7.05 Å². The van der Waals surface area contributed by atoms with Gasteiger partial charge in [-0.05, 0) is 12.1 Å². The molecule has 0 spiro atoms. The highest BCUT2D eigenvalue weighted by atomic mass is 16.4. The highest BCUT2D eigenvalue weighted by Crippen LogP contribution is 2.20. The molecule has 0 unspecified atom stereocenters. The summed E-state index contributed by atoms with van der Waals surface area (Å²) in [7, 11) is 3.74. The maximum atomic E-state index is 11.4. The van der Waals surface area contributed by atoms with Gasteiger partial charge in [0.1, 0.15) is 0 Å². The number of anilines is 1. The molecule has 0 saturated carbocycles. The monoisotopic (exact) mass is 263 g/mol. The maximum absolute atomic E-state index is 11.4. The standard InChI is InChI=1S/C14H21N3O2/c1-10(2)15-7-8-16(3)11-5-6-12-13(9-11)19-14(18)17(12)4/h5-6,9-10,15H,7-8H2,1-4H3. The molecule has 0 bridgehead atoms. The molecule has 5 heteroatoms. The number of fused-ring (bicyclic) bond motifs is 1. The molecule has 19 heavy (non-hydrogen) atoms. The number of hydrogen-bond donors (Lipinski definition) is 1. The summed E-state index contributed by atoms with van der Waals surface area (Å²) in [6.07, 6.45) is 0. The molecule has 1 N–H and O–H groups in total. The van der Waals surface area contributed by atoms with E-state index in [0.29, 0.717) is 11.6 Å². The highest BCUT2D eigenvalue weighted by Gasteiger charge is 2.08. The van der Waals surface area contributed by atoms with Gasteiger partial charge in [0, 0.05) is 45.0 Å². The molecule has 0 radical (unpaired) electrons. The first kappa shape index (κ1) is 13.7. The number of benzene rings is 1. The van der Waals surface area contributed by atoms with E-state index in [2.05, 4.69) is 24.1 Å². The quantitative estimate of drug-likeness (QED) is 0.889. The van der Waals surface area contributed by atoms with Crippen molar-refractivity contribution in [2.24, 2.45) is 7.05 Å². The zero-order valence-electron chi connectivity index (χ0n) is 11.9. The first-order valence-corrected chi connectivity index (χ1v) is 6.53. The van der Waals surface area contributed by atoms with E-state index in [4.69, 9.17) is 4.42 Å². The van der Waals surface area contributed by atoms with Crippen molar-refractivity contribution in [3.8, 4) is 0 Å². The third-order valence-corrected chi connectivity index (χ3v) is 3.22. The van der Waals surface area contributed by atoms with Gasteiger partial charge in [0.05, 0.1) is 5.52 Å². The predicted octanol–water partition coefficient (Wildman–Crippen LogP) is 1.57. The molecular weight excluding hydrogens is 242 g/mol. The maximum Gasteiger partial charge on any atom is 0.419 e.